The van der Waals surface area contributed by atoms with Gasteiger partial charge in [0.1, 0.15) is 24.0 Å². The molecule has 0 aromatic heterocycles. The lowest BCUT2D eigenvalue weighted by Crippen LogP contribution is -2.49. The highest BCUT2D eigenvalue weighted by Crippen LogP contribution is 2.42. The average molecular weight is 553 g/mol. The van der Waals surface area contributed by atoms with E-state index in [-0.39, 0.29) is 31.7 Å². The fraction of sp³-hybridized carbons (Fsp3) is 0.323. The van der Waals surface area contributed by atoms with Crippen LogP contribution in [0.15, 0.2) is 79.4 Å². The largest absolute Gasteiger partial charge is 0.497 e. The summed E-state index contributed by atoms with van der Waals surface area (Å²) in [5.74, 6) is -0.783. The zero-order chi connectivity index (χ0) is 28.5. The van der Waals surface area contributed by atoms with Gasteiger partial charge in [0.15, 0.2) is 0 Å². The topological polar surface area (TPSA) is 89.1 Å². The lowest BCUT2D eigenvalue weighted by molar-refractivity contribution is 0.0667. The molecule has 0 saturated heterocycles. The van der Waals surface area contributed by atoms with E-state index in [1.165, 1.54) is 12.1 Å². The van der Waals surface area contributed by atoms with E-state index in [4.69, 9.17) is 14.2 Å². The molecule has 3 aromatic rings. The molecule has 0 bridgehead atoms. The number of alkyl carbamates (subject to hydrolysis) is 1. The van der Waals surface area contributed by atoms with Crippen molar-refractivity contribution in [2.75, 3.05) is 20.3 Å². The van der Waals surface area contributed by atoms with Crippen molar-refractivity contribution in [1.29, 1.82) is 0 Å². The Labute approximate surface area is 232 Å². The minimum atomic E-state index is -1.11. The summed E-state index contributed by atoms with van der Waals surface area (Å²) < 4.78 is 44.4. The van der Waals surface area contributed by atoms with Crippen molar-refractivity contribution >= 4 is 6.09 Å². The predicted molar refractivity (Wildman–Crippen MR) is 147 cm³/mol. The molecule has 0 saturated carbocycles. The van der Waals surface area contributed by atoms with Gasteiger partial charge in [-0.1, -0.05) is 42.5 Å². The van der Waals surface area contributed by atoms with Gasteiger partial charge in [0.2, 0.25) is 0 Å². The number of carbonyl (C=O) groups is 1. The maximum Gasteiger partial charge on any atom is 0.407 e. The molecule has 0 spiro atoms. The second-order valence-electron chi connectivity index (χ2n) is 9.66. The molecule has 1 aliphatic rings. The van der Waals surface area contributed by atoms with E-state index >= 15 is 0 Å². The molecule has 40 heavy (non-hydrogen) atoms. The third-order valence-corrected chi connectivity index (χ3v) is 6.81. The summed E-state index contributed by atoms with van der Waals surface area (Å²) in [6.45, 7) is 4.23. The van der Waals surface area contributed by atoms with Gasteiger partial charge in [-0.3, -0.25) is 0 Å². The molecular weight excluding hydrogens is 518 g/mol. The first-order valence-corrected chi connectivity index (χ1v) is 13.1. The molecule has 3 aromatic carbocycles. The molecular formula is C31H34F2N2O5. The van der Waals surface area contributed by atoms with Gasteiger partial charge in [-0.05, 0) is 59.4 Å². The number of methoxy groups -OCH3 is 1. The van der Waals surface area contributed by atoms with Gasteiger partial charge in [0.25, 0.3) is 0 Å². The van der Waals surface area contributed by atoms with Crippen LogP contribution in [0.1, 0.15) is 40.8 Å². The Balaban J connectivity index is 1.45. The van der Waals surface area contributed by atoms with Gasteiger partial charge in [-0.15, -0.1) is 6.58 Å². The van der Waals surface area contributed by atoms with E-state index in [1.807, 2.05) is 48.5 Å². The first-order valence-electron chi connectivity index (χ1n) is 13.1. The Kier molecular flexibility index (Phi) is 10.2. The molecule has 0 heterocycles. The number of ether oxygens (including phenoxy) is 3. The van der Waals surface area contributed by atoms with Crippen LogP contribution in [-0.4, -0.2) is 43.6 Å². The summed E-state index contributed by atoms with van der Waals surface area (Å²) in [6.07, 6.45) is 0.269. The Hall–Kier alpha value is -3.79. The van der Waals surface area contributed by atoms with E-state index in [0.717, 1.165) is 22.8 Å². The van der Waals surface area contributed by atoms with Crippen molar-refractivity contribution in [3.63, 3.8) is 0 Å². The molecule has 3 N–H and O–H groups in total. The highest BCUT2D eigenvalue weighted by Gasteiger charge is 2.33. The molecule has 4 atom stereocenters. The van der Waals surface area contributed by atoms with Crippen LogP contribution >= 0.6 is 0 Å². The maximum absolute atomic E-state index is 13.9. The van der Waals surface area contributed by atoms with Crippen LogP contribution in [0.4, 0.5) is 13.6 Å². The molecule has 0 radical (unpaired) electrons. The average Bonchev–Trinajstić information content (AvgIpc) is 3.29. The maximum atomic E-state index is 13.9. The van der Waals surface area contributed by atoms with Gasteiger partial charge in [-0.25, -0.2) is 13.6 Å². The van der Waals surface area contributed by atoms with E-state index in [0.29, 0.717) is 24.3 Å². The first-order chi connectivity index (χ1) is 19.4. The lowest BCUT2D eigenvalue weighted by Gasteiger charge is -2.26. The first kappa shape index (κ1) is 29.2. The van der Waals surface area contributed by atoms with Gasteiger partial charge in [-0.2, -0.15) is 0 Å². The smallest absolute Gasteiger partial charge is 0.407 e. The highest BCUT2D eigenvalue weighted by molar-refractivity contribution is 5.67. The van der Waals surface area contributed by atoms with E-state index in [2.05, 4.69) is 17.2 Å². The van der Waals surface area contributed by atoms with Crippen LogP contribution in [0, 0.1) is 11.6 Å². The van der Waals surface area contributed by atoms with E-state index in [9.17, 15) is 18.7 Å². The molecule has 1 aliphatic carbocycles. The van der Waals surface area contributed by atoms with E-state index in [1.54, 1.807) is 13.2 Å². The number of benzene rings is 3. The Morgan fingerprint density at radius 2 is 1.82 bits per heavy atom. The number of rotatable bonds is 13. The second-order valence-corrected chi connectivity index (χ2v) is 9.66. The van der Waals surface area contributed by atoms with Crippen molar-refractivity contribution in [2.45, 2.75) is 43.7 Å². The van der Waals surface area contributed by atoms with Gasteiger partial charge in [0, 0.05) is 18.7 Å². The fourth-order valence-electron chi connectivity index (χ4n) is 4.87. The minimum absolute atomic E-state index is 0.0158. The van der Waals surface area contributed by atoms with E-state index < -0.39 is 29.9 Å². The summed E-state index contributed by atoms with van der Waals surface area (Å²) in [4.78, 5) is 12.6. The SMILES string of the molecule is C=CCO[C@@H]1C[C@@H](NC[C@@H](O)[C@H](Cc2cc(F)cc(F)c2)NC(=O)OCc2ccccc2)c2cc(OC)ccc21. The van der Waals surface area contributed by atoms with Crippen molar-refractivity contribution in [2.24, 2.45) is 0 Å². The van der Waals surface area contributed by atoms with Crippen LogP contribution < -0.4 is 15.4 Å². The number of hydrogen-bond acceptors (Lipinski definition) is 6. The molecule has 0 unspecified atom stereocenters. The lowest BCUT2D eigenvalue weighted by atomic mass is 10.00. The van der Waals surface area contributed by atoms with Crippen molar-refractivity contribution in [3.8, 4) is 5.75 Å². The van der Waals surface area contributed by atoms with Crippen LogP contribution in [0.25, 0.3) is 0 Å². The van der Waals surface area contributed by atoms with Crippen LogP contribution in [0.3, 0.4) is 0 Å². The van der Waals surface area contributed by atoms with Gasteiger partial charge >= 0.3 is 6.09 Å². The number of carbonyl (C=O) groups excluding carboxylic acids is 1. The number of halogens is 2. The third-order valence-electron chi connectivity index (χ3n) is 6.81. The van der Waals surface area contributed by atoms with Gasteiger partial charge in [0.05, 0.1) is 32.0 Å². The number of nitrogens with one attached hydrogen (secondary N) is 2. The Morgan fingerprint density at radius 1 is 1.07 bits per heavy atom. The standard InChI is InChI=1S/C31H34F2N2O5/c1-3-11-39-30-17-27(26-16-24(38-2)9-10-25(26)30)34-18-29(36)28(14-21-12-22(32)15-23(33)13-21)35-31(37)40-19-20-7-5-4-6-8-20/h3-10,12-13,15-16,27-30,34,36H,1,11,14,17-19H2,2H3,(H,35,37)/t27-,28+,29-,30-/m1/s1. The summed E-state index contributed by atoms with van der Waals surface area (Å²) in [6, 6.07) is 17.0. The quantitative estimate of drug-likeness (QED) is 0.254. The van der Waals surface area contributed by atoms with Gasteiger partial charge < -0.3 is 30.0 Å². The number of fused-ring (bicyclic) bond motifs is 1. The molecule has 0 fully saturated rings. The van der Waals surface area contributed by atoms with Crippen LogP contribution in [0.5, 0.6) is 5.75 Å². The summed E-state index contributed by atoms with van der Waals surface area (Å²) >= 11 is 0. The minimum Gasteiger partial charge on any atom is -0.497 e. The highest BCUT2D eigenvalue weighted by atomic mass is 19.1. The zero-order valence-corrected chi connectivity index (χ0v) is 22.3. The number of aliphatic hydroxyl groups excluding tert-OH is 1. The summed E-state index contributed by atoms with van der Waals surface area (Å²) in [5, 5.41) is 17.2. The number of aliphatic hydroxyl groups is 1. The van der Waals surface area contributed by atoms with Crippen molar-refractivity contribution in [1.82, 2.24) is 10.6 Å². The zero-order valence-electron chi connectivity index (χ0n) is 22.3. The van der Waals surface area contributed by atoms with Crippen molar-refractivity contribution < 1.29 is 32.9 Å². The second kappa shape index (κ2) is 14.0. The van der Waals surface area contributed by atoms with Crippen LogP contribution in [-0.2, 0) is 22.5 Å². The Bertz CT molecular complexity index is 1270. The summed E-state index contributed by atoms with van der Waals surface area (Å²) in [7, 11) is 1.59. The molecule has 1 amide bonds. The molecule has 4 rings (SSSR count). The summed E-state index contributed by atoms with van der Waals surface area (Å²) in [5.41, 5.74) is 3.09. The van der Waals surface area contributed by atoms with Crippen molar-refractivity contribution in [3.05, 3.63) is 113 Å². The Morgan fingerprint density at radius 3 is 2.52 bits per heavy atom. The molecule has 212 valence electrons. The number of hydrogen-bond donors (Lipinski definition) is 3. The number of amides is 1. The molecule has 9 heteroatoms. The third kappa shape index (κ3) is 7.88. The normalized spacial score (nSPS) is 17.5. The molecule has 0 aliphatic heterocycles. The monoisotopic (exact) mass is 552 g/mol. The van der Waals surface area contributed by atoms with Crippen LogP contribution in [0.2, 0.25) is 0 Å². The molecule has 7 nitrogen and oxygen atoms in total. The predicted octanol–water partition coefficient (Wildman–Crippen LogP) is 5.15. The fourth-order valence-corrected chi connectivity index (χ4v) is 4.87.